The van der Waals surface area contributed by atoms with Gasteiger partial charge in [0, 0.05) is 11.6 Å². The lowest BCUT2D eigenvalue weighted by Gasteiger charge is -2.24. The predicted octanol–water partition coefficient (Wildman–Crippen LogP) is 4.22. The lowest BCUT2D eigenvalue weighted by molar-refractivity contribution is 0.340. The lowest BCUT2D eigenvalue weighted by Crippen LogP contribution is -2.13. The molecule has 1 atom stereocenters. The van der Waals surface area contributed by atoms with Crippen molar-refractivity contribution >= 4 is 0 Å². The highest BCUT2D eigenvalue weighted by molar-refractivity contribution is 5.20. The molecule has 1 aromatic heterocycles. The van der Waals surface area contributed by atoms with Gasteiger partial charge in [-0.2, -0.15) is 0 Å². The molecule has 1 saturated carbocycles. The van der Waals surface area contributed by atoms with E-state index in [-0.39, 0.29) is 0 Å². The Kier molecular flexibility index (Phi) is 3.45. The molecular formula is C16H26N2. The molecule has 1 fully saturated rings. The van der Waals surface area contributed by atoms with E-state index in [0.29, 0.717) is 5.92 Å². The minimum absolute atomic E-state index is 0.715. The molecule has 2 aliphatic rings. The van der Waals surface area contributed by atoms with Gasteiger partial charge in [0.1, 0.15) is 5.82 Å². The van der Waals surface area contributed by atoms with E-state index in [2.05, 4.69) is 18.8 Å². The predicted molar refractivity (Wildman–Crippen MR) is 74.8 cm³/mol. The molecule has 2 aliphatic carbocycles. The smallest absolute Gasteiger partial charge is 0.109 e. The van der Waals surface area contributed by atoms with Gasteiger partial charge in [0.05, 0.1) is 5.69 Å². The Hall–Kier alpha value is -0.790. The SMILES string of the molecule is CCC1CCc2nc(C3CCC(C)CC3)[nH]c2C1. The Bertz CT molecular complexity index is 399. The summed E-state index contributed by atoms with van der Waals surface area (Å²) in [6, 6.07) is 0. The molecule has 18 heavy (non-hydrogen) atoms. The largest absolute Gasteiger partial charge is 0.345 e. The minimum Gasteiger partial charge on any atom is -0.345 e. The maximum absolute atomic E-state index is 4.91. The summed E-state index contributed by atoms with van der Waals surface area (Å²) < 4.78 is 0. The van der Waals surface area contributed by atoms with E-state index >= 15 is 0 Å². The molecule has 1 heterocycles. The summed E-state index contributed by atoms with van der Waals surface area (Å²) in [4.78, 5) is 8.58. The molecule has 0 amide bonds. The Morgan fingerprint density at radius 3 is 2.67 bits per heavy atom. The van der Waals surface area contributed by atoms with E-state index in [1.807, 2.05) is 0 Å². The van der Waals surface area contributed by atoms with Gasteiger partial charge in [0.15, 0.2) is 0 Å². The number of aromatic amines is 1. The highest BCUT2D eigenvalue weighted by Gasteiger charge is 2.26. The van der Waals surface area contributed by atoms with Crippen LogP contribution in [-0.4, -0.2) is 9.97 Å². The van der Waals surface area contributed by atoms with Gasteiger partial charge in [-0.3, -0.25) is 0 Å². The van der Waals surface area contributed by atoms with Gasteiger partial charge in [0.2, 0.25) is 0 Å². The number of rotatable bonds is 2. The quantitative estimate of drug-likeness (QED) is 0.831. The molecule has 2 heteroatoms. The van der Waals surface area contributed by atoms with Crippen molar-refractivity contribution in [2.45, 2.75) is 71.1 Å². The van der Waals surface area contributed by atoms with Gasteiger partial charge in [-0.15, -0.1) is 0 Å². The van der Waals surface area contributed by atoms with Crippen molar-refractivity contribution in [3.63, 3.8) is 0 Å². The molecule has 3 rings (SSSR count). The molecule has 0 spiro atoms. The van der Waals surface area contributed by atoms with Gasteiger partial charge in [-0.25, -0.2) is 4.98 Å². The summed E-state index contributed by atoms with van der Waals surface area (Å²) in [5.74, 6) is 3.84. The van der Waals surface area contributed by atoms with Crippen LogP contribution in [0.2, 0.25) is 0 Å². The number of aryl methyl sites for hydroxylation is 1. The van der Waals surface area contributed by atoms with Crippen LogP contribution in [0.4, 0.5) is 0 Å². The van der Waals surface area contributed by atoms with E-state index in [0.717, 1.165) is 11.8 Å². The molecular weight excluding hydrogens is 220 g/mol. The highest BCUT2D eigenvalue weighted by atomic mass is 14.9. The van der Waals surface area contributed by atoms with Crippen LogP contribution in [0.15, 0.2) is 0 Å². The molecule has 0 saturated heterocycles. The van der Waals surface area contributed by atoms with Crippen molar-refractivity contribution in [3.8, 4) is 0 Å². The summed E-state index contributed by atoms with van der Waals surface area (Å²) in [5, 5.41) is 0. The zero-order chi connectivity index (χ0) is 12.5. The number of imidazole rings is 1. The average Bonchev–Trinajstić information content (AvgIpc) is 2.82. The molecule has 0 aliphatic heterocycles. The van der Waals surface area contributed by atoms with E-state index in [9.17, 15) is 0 Å². The number of H-pyrrole nitrogens is 1. The van der Waals surface area contributed by atoms with Crippen molar-refractivity contribution in [1.82, 2.24) is 9.97 Å². The topological polar surface area (TPSA) is 28.7 Å². The summed E-state index contributed by atoms with van der Waals surface area (Å²) in [6.45, 7) is 4.70. The number of nitrogens with zero attached hydrogens (tertiary/aromatic N) is 1. The summed E-state index contributed by atoms with van der Waals surface area (Å²) in [6.07, 6.45) is 10.5. The fourth-order valence-electron chi connectivity index (χ4n) is 3.65. The molecule has 1 N–H and O–H groups in total. The first kappa shape index (κ1) is 12.3. The van der Waals surface area contributed by atoms with Crippen molar-refractivity contribution < 1.29 is 0 Å². The third-order valence-corrected chi connectivity index (χ3v) is 5.14. The minimum atomic E-state index is 0.715. The zero-order valence-corrected chi connectivity index (χ0v) is 11.8. The number of aromatic nitrogens is 2. The number of fused-ring (bicyclic) bond motifs is 1. The van der Waals surface area contributed by atoms with Gasteiger partial charge >= 0.3 is 0 Å². The number of hydrogen-bond acceptors (Lipinski definition) is 1. The van der Waals surface area contributed by atoms with E-state index in [1.165, 1.54) is 68.6 Å². The van der Waals surface area contributed by atoms with Gasteiger partial charge < -0.3 is 4.98 Å². The van der Waals surface area contributed by atoms with Gasteiger partial charge in [-0.05, 0) is 43.9 Å². The van der Waals surface area contributed by atoms with Crippen LogP contribution in [0.5, 0.6) is 0 Å². The van der Waals surface area contributed by atoms with Crippen LogP contribution in [0.3, 0.4) is 0 Å². The summed E-state index contributed by atoms with van der Waals surface area (Å²) in [5.41, 5.74) is 2.84. The first-order valence-corrected chi connectivity index (χ1v) is 7.84. The molecule has 0 aromatic carbocycles. The van der Waals surface area contributed by atoms with Crippen LogP contribution in [0, 0.1) is 11.8 Å². The van der Waals surface area contributed by atoms with Crippen LogP contribution in [-0.2, 0) is 12.8 Å². The Balaban J connectivity index is 1.73. The second-order valence-corrected chi connectivity index (χ2v) is 6.52. The number of nitrogens with one attached hydrogen (secondary N) is 1. The van der Waals surface area contributed by atoms with Crippen LogP contribution in [0.1, 0.15) is 75.5 Å². The Labute approximate surface area is 111 Å². The number of hydrogen-bond donors (Lipinski definition) is 1. The Morgan fingerprint density at radius 1 is 1.17 bits per heavy atom. The fourth-order valence-corrected chi connectivity index (χ4v) is 3.65. The van der Waals surface area contributed by atoms with E-state index in [1.54, 1.807) is 0 Å². The molecule has 0 bridgehead atoms. The monoisotopic (exact) mass is 246 g/mol. The molecule has 1 unspecified atom stereocenters. The summed E-state index contributed by atoms with van der Waals surface area (Å²) in [7, 11) is 0. The third kappa shape index (κ3) is 2.34. The maximum atomic E-state index is 4.91. The highest BCUT2D eigenvalue weighted by Crippen LogP contribution is 2.36. The van der Waals surface area contributed by atoms with Crippen molar-refractivity contribution in [2.24, 2.45) is 11.8 Å². The van der Waals surface area contributed by atoms with Crippen molar-refractivity contribution in [1.29, 1.82) is 0 Å². The van der Waals surface area contributed by atoms with Gasteiger partial charge in [-0.1, -0.05) is 33.1 Å². The second kappa shape index (κ2) is 5.07. The van der Waals surface area contributed by atoms with E-state index < -0.39 is 0 Å². The van der Waals surface area contributed by atoms with E-state index in [4.69, 9.17) is 4.98 Å². The molecule has 0 radical (unpaired) electrons. The van der Waals surface area contributed by atoms with Crippen LogP contribution >= 0.6 is 0 Å². The molecule has 2 nitrogen and oxygen atoms in total. The lowest BCUT2D eigenvalue weighted by atomic mass is 9.83. The fraction of sp³-hybridized carbons (Fsp3) is 0.812. The molecule has 100 valence electrons. The first-order valence-electron chi connectivity index (χ1n) is 7.84. The van der Waals surface area contributed by atoms with Crippen LogP contribution < -0.4 is 0 Å². The third-order valence-electron chi connectivity index (χ3n) is 5.14. The summed E-state index contributed by atoms with van der Waals surface area (Å²) >= 11 is 0. The van der Waals surface area contributed by atoms with Crippen molar-refractivity contribution in [3.05, 3.63) is 17.2 Å². The standard InChI is InChI=1S/C16H26N2/c1-3-12-6-9-14-15(10-12)18-16(17-14)13-7-4-11(2)5-8-13/h11-13H,3-10H2,1-2H3,(H,17,18). The molecule has 1 aromatic rings. The average molecular weight is 246 g/mol. The van der Waals surface area contributed by atoms with Crippen LogP contribution in [0.25, 0.3) is 0 Å². The zero-order valence-electron chi connectivity index (χ0n) is 11.8. The second-order valence-electron chi connectivity index (χ2n) is 6.52. The van der Waals surface area contributed by atoms with Crippen molar-refractivity contribution in [2.75, 3.05) is 0 Å². The normalized spacial score (nSPS) is 32.2. The maximum Gasteiger partial charge on any atom is 0.109 e. The Morgan fingerprint density at radius 2 is 1.94 bits per heavy atom. The van der Waals surface area contributed by atoms with Gasteiger partial charge in [0.25, 0.3) is 0 Å². The first-order chi connectivity index (χ1) is 8.76.